The summed E-state index contributed by atoms with van der Waals surface area (Å²) in [6, 6.07) is 0. The normalized spacial score (nSPS) is 37.2. The summed E-state index contributed by atoms with van der Waals surface area (Å²) in [4.78, 5) is 51.0. The lowest BCUT2D eigenvalue weighted by Gasteiger charge is -2.34. The van der Waals surface area contributed by atoms with Crippen LogP contribution in [0.2, 0.25) is 0 Å². The number of epoxide rings is 1. The molecule has 232 valence electrons. The second-order valence-corrected chi connectivity index (χ2v) is 10.9. The minimum Gasteiger partial charge on any atom is -0.439 e. The summed E-state index contributed by atoms with van der Waals surface area (Å²) in [6.07, 6.45) is 0.854. The largest absolute Gasteiger partial charge is 0.439 e. The second-order valence-electron chi connectivity index (χ2n) is 10.9. The van der Waals surface area contributed by atoms with Gasteiger partial charge in [-0.05, 0) is 43.9 Å². The number of rotatable bonds is 5. The summed E-state index contributed by atoms with van der Waals surface area (Å²) >= 11 is 0. The first-order valence-electron chi connectivity index (χ1n) is 13.8. The SMILES string of the molecule is CO[C@H]1[C@@H](OC)C[C@H](C)[C@@H](OC)C2=CC(=O)C=C(NC(=O)/C(C)=C/C3OC3[C@H](OC)[C@@H](OC(N)=O)/C(C)=C/[C@@H]1C)C2=O. The fourth-order valence-corrected chi connectivity index (χ4v) is 5.81. The first-order valence-corrected chi connectivity index (χ1v) is 13.8. The Morgan fingerprint density at radius 1 is 0.929 bits per heavy atom. The van der Waals surface area contributed by atoms with E-state index in [0.29, 0.717) is 12.0 Å². The van der Waals surface area contributed by atoms with E-state index in [4.69, 9.17) is 34.2 Å². The molecule has 3 N–H and O–H groups in total. The third-order valence-electron chi connectivity index (χ3n) is 7.93. The lowest BCUT2D eigenvalue weighted by Crippen LogP contribution is -2.41. The molecular formula is C30H42N2O10. The number of hydrogen-bond donors (Lipinski definition) is 2. The molecule has 1 fully saturated rings. The number of ether oxygens (including phenoxy) is 6. The van der Waals surface area contributed by atoms with Crippen molar-refractivity contribution in [3.63, 3.8) is 0 Å². The van der Waals surface area contributed by atoms with Crippen molar-refractivity contribution < 1.29 is 47.6 Å². The van der Waals surface area contributed by atoms with Gasteiger partial charge in [-0.3, -0.25) is 14.4 Å². The fraction of sp³-hybridized carbons (Fsp3) is 0.600. The first kappa shape index (κ1) is 33.3. The van der Waals surface area contributed by atoms with Crippen LogP contribution in [0.1, 0.15) is 34.1 Å². The number of methoxy groups -OCH3 is 4. The molecule has 2 unspecified atom stereocenters. The average molecular weight is 591 g/mol. The van der Waals surface area contributed by atoms with Crippen molar-refractivity contribution >= 4 is 23.6 Å². The van der Waals surface area contributed by atoms with Crippen molar-refractivity contribution in [3.8, 4) is 0 Å². The van der Waals surface area contributed by atoms with Gasteiger partial charge in [0.05, 0.1) is 24.0 Å². The van der Waals surface area contributed by atoms with Crippen LogP contribution in [-0.2, 0) is 42.8 Å². The van der Waals surface area contributed by atoms with E-state index >= 15 is 0 Å². The molecule has 0 spiro atoms. The summed E-state index contributed by atoms with van der Waals surface area (Å²) in [5, 5.41) is 2.56. The van der Waals surface area contributed by atoms with Gasteiger partial charge in [-0.1, -0.05) is 19.9 Å². The molecule has 3 aliphatic rings. The number of Topliss-reactive ketones (excluding diaryl/α,β-unsaturated/α-hetero) is 1. The molecule has 12 nitrogen and oxygen atoms in total. The quantitative estimate of drug-likeness (QED) is 0.275. The summed E-state index contributed by atoms with van der Waals surface area (Å²) < 4.78 is 34.4. The van der Waals surface area contributed by atoms with Crippen LogP contribution in [0, 0.1) is 11.8 Å². The van der Waals surface area contributed by atoms with Gasteiger partial charge in [0.2, 0.25) is 5.78 Å². The smallest absolute Gasteiger partial charge is 0.405 e. The van der Waals surface area contributed by atoms with Crippen LogP contribution >= 0.6 is 0 Å². The molecular weight excluding hydrogens is 548 g/mol. The Morgan fingerprint density at radius 3 is 2.17 bits per heavy atom. The lowest BCUT2D eigenvalue weighted by molar-refractivity contribution is -0.120. The topological polar surface area (TPSA) is 165 Å². The van der Waals surface area contributed by atoms with Gasteiger partial charge in [-0.25, -0.2) is 4.79 Å². The molecule has 2 heterocycles. The molecule has 2 aliphatic heterocycles. The number of allylic oxidation sites excluding steroid dienone is 3. The first-order chi connectivity index (χ1) is 19.9. The molecule has 1 aliphatic carbocycles. The number of fused-ring (bicyclic) bond motifs is 3. The van der Waals surface area contributed by atoms with E-state index in [1.54, 1.807) is 34.1 Å². The van der Waals surface area contributed by atoms with Gasteiger partial charge < -0.3 is 39.5 Å². The van der Waals surface area contributed by atoms with Crippen LogP contribution in [0.3, 0.4) is 0 Å². The van der Waals surface area contributed by atoms with Crippen molar-refractivity contribution in [2.75, 3.05) is 28.4 Å². The van der Waals surface area contributed by atoms with Gasteiger partial charge in [-0.15, -0.1) is 0 Å². The monoisotopic (exact) mass is 590 g/mol. The van der Waals surface area contributed by atoms with Crippen LogP contribution in [0.15, 0.2) is 46.7 Å². The summed E-state index contributed by atoms with van der Waals surface area (Å²) in [6.45, 7) is 7.18. The molecule has 0 aromatic rings. The van der Waals surface area contributed by atoms with E-state index in [1.807, 2.05) is 19.9 Å². The molecule has 0 radical (unpaired) electrons. The molecule has 0 aromatic heterocycles. The van der Waals surface area contributed by atoms with E-state index in [2.05, 4.69) is 5.32 Å². The van der Waals surface area contributed by atoms with Crippen molar-refractivity contribution in [2.45, 2.75) is 76.8 Å². The van der Waals surface area contributed by atoms with E-state index in [1.165, 1.54) is 20.3 Å². The Hall–Kier alpha value is -3.16. The molecule has 12 heteroatoms. The fourth-order valence-electron chi connectivity index (χ4n) is 5.81. The average Bonchev–Trinajstić information content (AvgIpc) is 3.68. The predicted octanol–water partition coefficient (Wildman–Crippen LogP) is 1.92. The Labute approximate surface area is 246 Å². The Morgan fingerprint density at radius 2 is 1.60 bits per heavy atom. The number of ketones is 2. The number of carbonyl (C=O) groups is 4. The maximum Gasteiger partial charge on any atom is 0.405 e. The number of nitrogens with two attached hydrogens (primary N) is 1. The highest BCUT2D eigenvalue weighted by atomic mass is 16.6. The Balaban J connectivity index is 2.09. The van der Waals surface area contributed by atoms with Gasteiger partial charge in [0.1, 0.15) is 18.3 Å². The molecule has 0 aromatic carbocycles. The molecule has 2 amide bonds. The van der Waals surface area contributed by atoms with E-state index < -0.39 is 66.3 Å². The number of carbonyl (C=O) groups excluding carboxylic acids is 4. The third-order valence-corrected chi connectivity index (χ3v) is 7.93. The van der Waals surface area contributed by atoms with Crippen molar-refractivity contribution in [3.05, 3.63) is 46.7 Å². The number of amides is 2. The van der Waals surface area contributed by atoms with Crippen LogP contribution in [-0.4, -0.2) is 94.7 Å². The maximum absolute atomic E-state index is 13.5. The standard InChI is InChI=1S/C30H42N2O10/c1-14-9-15(2)26(42-30(31)36)28(40-8)27-22(41-27)11-17(4)29(35)32-20-13-18(33)12-19(23(20)34)24(38-6)16(3)10-21(37-5)25(14)39-7/h9,11-14,16,21-22,24-28H,10H2,1-8H3,(H2,31,36)(H,32,35)/b15-9+,17-11+/t14-,16-,21-,22?,24+,25+,26-,27?,28+/m0/s1. The Kier molecular flexibility index (Phi) is 11.4. The minimum absolute atomic E-state index is 0.139. The van der Waals surface area contributed by atoms with Crippen LogP contribution in [0.4, 0.5) is 4.79 Å². The molecule has 42 heavy (non-hydrogen) atoms. The molecule has 2 bridgehead atoms. The predicted molar refractivity (Wildman–Crippen MR) is 151 cm³/mol. The van der Waals surface area contributed by atoms with Crippen molar-refractivity contribution in [1.82, 2.24) is 5.32 Å². The van der Waals surface area contributed by atoms with E-state index in [9.17, 15) is 19.2 Å². The third kappa shape index (κ3) is 7.61. The van der Waals surface area contributed by atoms with Crippen molar-refractivity contribution in [2.24, 2.45) is 17.6 Å². The second kappa shape index (κ2) is 14.3. The number of primary amides is 1. The zero-order valence-electron chi connectivity index (χ0n) is 25.4. The number of nitrogens with one attached hydrogen (secondary N) is 1. The minimum atomic E-state index is -0.977. The van der Waals surface area contributed by atoms with Gasteiger partial charge >= 0.3 is 6.09 Å². The zero-order valence-corrected chi connectivity index (χ0v) is 25.4. The molecule has 1 saturated heterocycles. The molecule has 9 atom stereocenters. The van der Waals surface area contributed by atoms with Crippen molar-refractivity contribution in [1.29, 1.82) is 0 Å². The highest BCUT2D eigenvalue weighted by molar-refractivity contribution is 6.22. The van der Waals surface area contributed by atoms with Gasteiger partial charge in [0, 0.05) is 51.6 Å². The van der Waals surface area contributed by atoms with Gasteiger partial charge in [0.25, 0.3) is 5.91 Å². The highest BCUT2D eigenvalue weighted by Crippen LogP contribution is 2.35. The van der Waals surface area contributed by atoms with Crippen LogP contribution in [0.5, 0.6) is 0 Å². The zero-order chi connectivity index (χ0) is 31.3. The van der Waals surface area contributed by atoms with E-state index in [-0.39, 0.29) is 28.7 Å². The Bertz CT molecular complexity index is 1190. The summed E-state index contributed by atoms with van der Waals surface area (Å²) in [5.41, 5.74) is 6.32. The van der Waals surface area contributed by atoms with Gasteiger partial charge in [0.15, 0.2) is 11.9 Å². The summed E-state index contributed by atoms with van der Waals surface area (Å²) in [7, 11) is 6.06. The summed E-state index contributed by atoms with van der Waals surface area (Å²) in [5.74, 6) is -2.07. The molecule has 3 rings (SSSR count). The number of hydrogen-bond acceptors (Lipinski definition) is 10. The molecule has 0 saturated carbocycles. The lowest BCUT2D eigenvalue weighted by atomic mass is 9.84. The van der Waals surface area contributed by atoms with Crippen LogP contribution < -0.4 is 11.1 Å². The highest BCUT2D eigenvalue weighted by Gasteiger charge is 2.49. The van der Waals surface area contributed by atoms with Crippen LogP contribution in [0.25, 0.3) is 0 Å². The van der Waals surface area contributed by atoms with E-state index in [0.717, 1.165) is 6.08 Å². The maximum atomic E-state index is 13.5. The van der Waals surface area contributed by atoms with Gasteiger partial charge in [-0.2, -0.15) is 0 Å².